The second-order valence-corrected chi connectivity index (χ2v) is 13.3. The van der Waals surface area contributed by atoms with Crippen LogP contribution < -0.4 is 9.64 Å². The van der Waals surface area contributed by atoms with Crippen LogP contribution in [0.25, 0.3) is 0 Å². The monoisotopic (exact) mass is 603 g/mol. The zero-order valence-corrected chi connectivity index (χ0v) is 26.3. The summed E-state index contributed by atoms with van der Waals surface area (Å²) in [6.07, 6.45) is -2.70. The first kappa shape index (κ1) is 31.0. The molecule has 3 atom stereocenters. The van der Waals surface area contributed by atoms with E-state index in [1.165, 1.54) is 12.1 Å². The summed E-state index contributed by atoms with van der Waals surface area (Å²) in [5.74, 6) is -3.07. The second-order valence-electron chi connectivity index (χ2n) is 13.3. The fourth-order valence-electron chi connectivity index (χ4n) is 6.58. The highest BCUT2D eigenvalue weighted by molar-refractivity contribution is 6.23. The van der Waals surface area contributed by atoms with Gasteiger partial charge in [0.25, 0.3) is 5.91 Å². The van der Waals surface area contributed by atoms with E-state index in [0.29, 0.717) is 32.9 Å². The lowest BCUT2D eigenvalue weighted by Crippen LogP contribution is -2.61. The lowest BCUT2D eigenvalue weighted by Gasteiger charge is -2.46. The molecule has 0 saturated carbocycles. The Morgan fingerprint density at radius 3 is 2.18 bits per heavy atom. The van der Waals surface area contributed by atoms with Gasteiger partial charge in [-0.25, -0.2) is 18.9 Å². The molecule has 1 spiro atoms. The van der Waals surface area contributed by atoms with Crippen molar-refractivity contribution in [3.8, 4) is 11.5 Å². The number of amides is 2. The fourth-order valence-corrected chi connectivity index (χ4v) is 6.58. The van der Waals surface area contributed by atoms with Gasteiger partial charge in [-0.1, -0.05) is 84.0 Å². The number of carbonyl (C=O) groups is 3. The number of fused-ring (bicyclic) bond motifs is 3. The second kappa shape index (κ2) is 10.6. The number of carbonyl (C=O) groups excluding carboxylic acids is 3. The molecule has 0 saturated heterocycles. The van der Waals surface area contributed by atoms with Gasteiger partial charge >= 0.3 is 12.1 Å². The predicted octanol–water partition coefficient (Wildman–Crippen LogP) is 6.63. The molecule has 0 unspecified atom stereocenters. The zero-order valence-electron chi connectivity index (χ0n) is 26.3. The number of benzene rings is 3. The Balaban J connectivity index is 1.99. The third-order valence-electron chi connectivity index (χ3n) is 8.50. The van der Waals surface area contributed by atoms with Gasteiger partial charge in [-0.3, -0.25) is 4.79 Å². The highest BCUT2D eigenvalue weighted by Crippen LogP contribution is 2.60. The van der Waals surface area contributed by atoms with E-state index in [1.807, 2.05) is 53.7 Å². The summed E-state index contributed by atoms with van der Waals surface area (Å²) in [4.78, 5) is 42.7. The summed E-state index contributed by atoms with van der Waals surface area (Å²) < 4.78 is 32.5. The number of esters is 1. The van der Waals surface area contributed by atoms with Crippen molar-refractivity contribution in [3.05, 3.63) is 88.2 Å². The van der Waals surface area contributed by atoms with Crippen LogP contribution in [0.1, 0.15) is 82.2 Å². The van der Waals surface area contributed by atoms with Crippen LogP contribution in [-0.2, 0) is 35.3 Å². The number of methoxy groups -OCH3 is 1. The van der Waals surface area contributed by atoms with Crippen LogP contribution in [0.3, 0.4) is 0 Å². The predicted molar refractivity (Wildman–Crippen MR) is 163 cm³/mol. The van der Waals surface area contributed by atoms with Gasteiger partial charge in [0.2, 0.25) is 6.10 Å². The van der Waals surface area contributed by atoms with Crippen LogP contribution in [0.15, 0.2) is 54.6 Å². The number of hydrogen-bond donors (Lipinski definition) is 1. The molecule has 0 aromatic heterocycles. The van der Waals surface area contributed by atoms with Crippen LogP contribution in [0.5, 0.6) is 11.5 Å². The summed E-state index contributed by atoms with van der Waals surface area (Å²) in [5, 5.41) is 11.6. The molecule has 2 aliphatic heterocycles. The third-order valence-corrected chi connectivity index (χ3v) is 8.50. The number of phenolic OH excluding ortho intramolecular Hbond substituents is 1. The number of rotatable bonds is 3. The Labute approximate surface area is 256 Å². The lowest BCUT2D eigenvalue weighted by atomic mass is 9.60. The number of para-hydroxylation sites is 2. The van der Waals surface area contributed by atoms with Crippen LogP contribution in [0, 0.1) is 5.82 Å². The van der Waals surface area contributed by atoms with Crippen LogP contribution in [-0.4, -0.2) is 42.9 Å². The smallest absolute Gasteiger partial charge is 0.421 e. The molecule has 2 amide bonds. The average Bonchev–Trinajstić information content (AvgIpc) is 3.21. The van der Waals surface area contributed by atoms with Crippen LogP contribution in [0.4, 0.5) is 14.9 Å². The number of hydrogen-bond acceptors (Lipinski definition) is 7. The quantitative estimate of drug-likeness (QED) is 0.335. The van der Waals surface area contributed by atoms with Crippen molar-refractivity contribution < 1.29 is 38.1 Å². The van der Waals surface area contributed by atoms with E-state index in [1.54, 1.807) is 31.2 Å². The van der Waals surface area contributed by atoms with Gasteiger partial charge in [-0.05, 0) is 46.6 Å². The first-order chi connectivity index (χ1) is 20.6. The molecule has 232 valence electrons. The van der Waals surface area contributed by atoms with Crippen LogP contribution >= 0.6 is 0 Å². The molecule has 8 nitrogen and oxygen atoms in total. The minimum absolute atomic E-state index is 0.00639. The fraction of sp³-hybridized carbons (Fsp3) is 0.400. The van der Waals surface area contributed by atoms with Gasteiger partial charge in [0.1, 0.15) is 22.7 Å². The van der Waals surface area contributed by atoms with E-state index in [9.17, 15) is 19.5 Å². The van der Waals surface area contributed by atoms with E-state index in [2.05, 4.69) is 0 Å². The minimum atomic E-state index is -1.99. The van der Waals surface area contributed by atoms with Crippen molar-refractivity contribution in [2.45, 2.75) is 76.7 Å². The summed E-state index contributed by atoms with van der Waals surface area (Å²) in [6.45, 7) is 13.4. The Hall–Kier alpha value is -4.40. The molecule has 2 heterocycles. The van der Waals surface area contributed by atoms with E-state index < -0.39 is 52.1 Å². The first-order valence-electron chi connectivity index (χ1n) is 14.6. The molecule has 3 aromatic carbocycles. The Morgan fingerprint density at radius 2 is 1.61 bits per heavy atom. The maximum absolute atomic E-state index is 15.8. The molecule has 44 heavy (non-hydrogen) atoms. The van der Waals surface area contributed by atoms with Crippen molar-refractivity contribution >= 4 is 23.7 Å². The van der Waals surface area contributed by atoms with Gasteiger partial charge in [-0.2, -0.15) is 0 Å². The summed E-state index contributed by atoms with van der Waals surface area (Å²) >= 11 is 0. The number of aromatic hydroxyl groups is 1. The molecule has 0 aliphatic carbocycles. The molecule has 2 aliphatic rings. The van der Waals surface area contributed by atoms with E-state index in [0.717, 1.165) is 13.2 Å². The molecular weight excluding hydrogens is 565 g/mol. The van der Waals surface area contributed by atoms with Crippen molar-refractivity contribution in [2.75, 3.05) is 18.6 Å². The summed E-state index contributed by atoms with van der Waals surface area (Å²) in [6, 6.07) is 14.8. The molecule has 9 heteroatoms. The van der Waals surface area contributed by atoms with Crippen molar-refractivity contribution in [3.63, 3.8) is 0 Å². The molecular formula is C35H38FNO7. The zero-order chi connectivity index (χ0) is 32.4. The number of phenols is 1. The first-order valence-corrected chi connectivity index (χ1v) is 14.6. The highest BCUT2D eigenvalue weighted by Gasteiger charge is 2.68. The van der Waals surface area contributed by atoms with E-state index in [-0.39, 0.29) is 23.6 Å². The Kier molecular flexibility index (Phi) is 7.51. The van der Waals surface area contributed by atoms with Gasteiger partial charge in [0.15, 0.2) is 0 Å². The number of anilines is 1. The topological polar surface area (TPSA) is 102 Å². The Bertz CT molecular complexity index is 1630. The number of nitrogens with zero attached hydrogens (tertiary/aromatic N) is 1. The SMILES string of the molecule is CCOC(=O)[C@H]1Oc2ccccc2[C@@H](c2cc(C(C)(C)C)c(O)c(C(C)(C)C)c2)[C@]12C(=O)N(C(=O)OC)c1c(F)cccc12. The maximum Gasteiger partial charge on any atom is 0.421 e. The van der Waals surface area contributed by atoms with Crippen LogP contribution in [0.2, 0.25) is 0 Å². The Morgan fingerprint density at radius 1 is 1.00 bits per heavy atom. The van der Waals surface area contributed by atoms with E-state index in [4.69, 9.17) is 14.2 Å². The van der Waals surface area contributed by atoms with Gasteiger partial charge in [0.05, 0.1) is 19.4 Å². The lowest BCUT2D eigenvalue weighted by molar-refractivity contribution is -0.159. The molecule has 0 bridgehead atoms. The normalized spacial score (nSPS) is 21.0. The van der Waals surface area contributed by atoms with Gasteiger partial charge in [-0.15, -0.1) is 0 Å². The number of ether oxygens (including phenoxy) is 3. The maximum atomic E-state index is 15.8. The van der Waals surface area contributed by atoms with Crippen molar-refractivity contribution in [1.29, 1.82) is 0 Å². The molecule has 1 N–H and O–H groups in total. The summed E-state index contributed by atoms with van der Waals surface area (Å²) in [7, 11) is 1.10. The third kappa shape index (κ3) is 4.52. The minimum Gasteiger partial charge on any atom is -0.507 e. The highest BCUT2D eigenvalue weighted by atomic mass is 19.1. The molecule has 0 fully saturated rings. The number of imide groups is 1. The van der Waals surface area contributed by atoms with Gasteiger partial charge in [0, 0.05) is 17.0 Å². The molecule has 0 radical (unpaired) electrons. The van der Waals surface area contributed by atoms with Gasteiger partial charge < -0.3 is 19.3 Å². The molecule has 3 aromatic rings. The average molecular weight is 604 g/mol. The molecule has 5 rings (SSSR count). The van der Waals surface area contributed by atoms with Crippen molar-refractivity contribution in [1.82, 2.24) is 0 Å². The summed E-state index contributed by atoms with van der Waals surface area (Å²) in [5.41, 5.74) is -0.881. The van der Waals surface area contributed by atoms with E-state index >= 15 is 4.39 Å². The standard InChI is InChI=1S/C35H38FNO7/c1-9-43-30(39)29-35(21-14-12-15-24(36)27(21)37(31(35)40)32(41)42-8)26(20-13-10-11-16-25(20)44-29)19-17-22(33(2,3)4)28(38)23(18-19)34(5,6)7/h10-18,26,29,38H,9H2,1-8H3/t26-,29-,35+/m1/s1. The largest absolute Gasteiger partial charge is 0.507 e. The number of halogens is 1. The van der Waals surface area contributed by atoms with Crippen molar-refractivity contribution in [2.24, 2.45) is 0 Å².